The number of benzene rings is 1. The molecule has 1 fully saturated rings. The van der Waals surface area contributed by atoms with Crippen LogP contribution < -0.4 is 9.80 Å². The topological polar surface area (TPSA) is 67.8 Å². The number of esters is 1. The first-order chi connectivity index (χ1) is 15.0. The van der Waals surface area contributed by atoms with E-state index in [1.165, 1.54) is 17.4 Å². The van der Waals surface area contributed by atoms with Crippen molar-refractivity contribution in [3.8, 4) is 0 Å². The van der Waals surface area contributed by atoms with E-state index in [9.17, 15) is 9.18 Å². The van der Waals surface area contributed by atoms with Crippen molar-refractivity contribution in [3.63, 3.8) is 0 Å². The van der Waals surface area contributed by atoms with Crippen molar-refractivity contribution in [2.75, 3.05) is 56.3 Å². The van der Waals surface area contributed by atoms with Gasteiger partial charge in [-0.05, 0) is 36.2 Å². The standard InChI is InChI=1S/C21H22ClFN4O3S/c1-13-16-18(27-9-7-26(8-10-27)15-6-4-3-5-14(15)23)24-21(22)25-19(16)31-17(13)20(28)30-12-11-29-2/h3-6H,7-12H2,1-2H3. The maximum absolute atomic E-state index is 14.2. The summed E-state index contributed by atoms with van der Waals surface area (Å²) in [6.45, 7) is 4.93. The van der Waals surface area contributed by atoms with Crippen LogP contribution >= 0.6 is 22.9 Å². The molecule has 0 saturated carbocycles. The number of halogens is 2. The van der Waals surface area contributed by atoms with E-state index in [2.05, 4.69) is 14.9 Å². The van der Waals surface area contributed by atoms with Crippen molar-refractivity contribution < 1.29 is 18.7 Å². The molecule has 1 aliphatic rings. The summed E-state index contributed by atoms with van der Waals surface area (Å²) in [7, 11) is 1.55. The predicted molar refractivity (Wildman–Crippen MR) is 120 cm³/mol. The Kier molecular flexibility index (Phi) is 6.54. The van der Waals surface area contributed by atoms with Gasteiger partial charge in [-0.2, -0.15) is 4.98 Å². The van der Waals surface area contributed by atoms with Crippen LogP contribution in [0.3, 0.4) is 0 Å². The number of rotatable bonds is 6. The maximum Gasteiger partial charge on any atom is 0.348 e. The molecule has 164 valence electrons. The van der Waals surface area contributed by atoms with Crippen molar-refractivity contribution in [1.82, 2.24) is 9.97 Å². The summed E-state index contributed by atoms with van der Waals surface area (Å²) in [6, 6.07) is 6.78. The number of aryl methyl sites for hydroxylation is 1. The van der Waals surface area contributed by atoms with E-state index >= 15 is 0 Å². The second-order valence-electron chi connectivity index (χ2n) is 7.11. The fourth-order valence-corrected chi connectivity index (χ4v) is 4.95. The summed E-state index contributed by atoms with van der Waals surface area (Å²) in [4.78, 5) is 26.5. The second-order valence-corrected chi connectivity index (χ2v) is 8.44. The third-order valence-corrected chi connectivity index (χ3v) is 6.56. The molecule has 7 nitrogen and oxygen atoms in total. The van der Waals surface area contributed by atoms with Crippen molar-refractivity contribution in [2.24, 2.45) is 0 Å². The smallest absolute Gasteiger partial charge is 0.348 e. The summed E-state index contributed by atoms with van der Waals surface area (Å²) in [5.74, 6) is 0.0468. The van der Waals surface area contributed by atoms with Crippen LogP contribution in [-0.4, -0.2) is 62.4 Å². The number of para-hydroxylation sites is 1. The van der Waals surface area contributed by atoms with Gasteiger partial charge < -0.3 is 19.3 Å². The highest BCUT2D eigenvalue weighted by molar-refractivity contribution is 7.20. The second kappa shape index (κ2) is 9.33. The molecule has 10 heteroatoms. The summed E-state index contributed by atoms with van der Waals surface area (Å²) >= 11 is 7.44. The lowest BCUT2D eigenvalue weighted by molar-refractivity contribution is 0.0393. The fraction of sp³-hybridized carbons (Fsp3) is 0.381. The van der Waals surface area contributed by atoms with Crippen LogP contribution in [0.5, 0.6) is 0 Å². The molecule has 3 aromatic rings. The highest BCUT2D eigenvalue weighted by atomic mass is 35.5. The highest BCUT2D eigenvalue weighted by Crippen LogP contribution is 2.37. The molecule has 0 amide bonds. The number of hydrogen-bond acceptors (Lipinski definition) is 8. The lowest BCUT2D eigenvalue weighted by Gasteiger charge is -2.37. The van der Waals surface area contributed by atoms with Crippen LogP contribution in [0, 0.1) is 12.7 Å². The molecule has 0 unspecified atom stereocenters. The van der Waals surface area contributed by atoms with Gasteiger partial charge in [0.1, 0.15) is 27.9 Å². The average molecular weight is 465 g/mol. The van der Waals surface area contributed by atoms with Crippen molar-refractivity contribution >= 4 is 50.6 Å². The largest absolute Gasteiger partial charge is 0.459 e. The molecule has 0 radical (unpaired) electrons. The van der Waals surface area contributed by atoms with Crippen LogP contribution in [0.4, 0.5) is 15.9 Å². The molecule has 0 bridgehead atoms. The summed E-state index contributed by atoms with van der Waals surface area (Å²) < 4.78 is 24.4. The van der Waals surface area contributed by atoms with Gasteiger partial charge in [0.2, 0.25) is 5.28 Å². The van der Waals surface area contributed by atoms with Crippen molar-refractivity contribution in [1.29, 1.82) is 0 Å². The summed E-state index contributed by atoms with van der Waals surface area (Å²) in [5, 5.41) is 0.923. The highest BCUT2D eigenvalue weighted by Gasteiger charge is 2.26. The van der Waals surface area contributed by atoms with E-state index in [0.717, 1.165) is 10.9 Å². The van der Waals surface area contributed by atoms with E-state index in [1.807, 2.05) is 17.9 Å². The SMILES string of the molecule is COCCOC(=O)c1sc2nc(Cl)nc(N3CCN(c4ccccc4F)CC3)c2c1C. The van der Waals surface area contributed by atoms with E-state index in [1.54, 1.807) is 19.2 Å². The number of hydrogen-bond donors (Lipinski definition) is 0. The molecule has 1 aromatic carbocycles. The maximum atomic E-state index is 14.2. The van der Waals surface area contributed by atoms with Gasteiger partial charge in [0.15, 0.2) is 0 Å². The van der Waals surface area contributed by atoms with Gasteiger partial charge >= 0.3 is 5.97 Å². The molecule has 0 aliphatic carbocycles. The zero-order valence-corrected chi connectivity index (χ0v) is 18.8. The monoisotopic (exact) mass is 464 g/mol. The first kappa shape index (κ1) is 21.7. The van der Waals surface area contributed by atoms with Gasteiger partial charge in [0.25, 0.3) is 0 Å². The Bertz CT molecular complexity index is 1100. The Balaban J connectivity index is 1.59. The van der Waals surface area contributed by atoms with Crippen LogP contribution in [0.15, 0.2) is 24.3 Å². The molecule has 0 atom stereocenters. The Hall–Kier alpha value is -2.49. The lowest BCUT2D eigenvalue weighted by Crippen LogP contribution is -2.47. The molecule has 0 N–H and O–H groups in total. The van der Waals surface area contributed by atoms with Gasteiger partial charge in [-0.25, -0.2) is 14.2 Å². The van der Waals surface area contributed by atoms with Crippen LogP contribution in [0.1, 0.15) is 15.2 Å². The van der Waals surface area contributed by atoms with E-state index in [4.69, 9.17) is 21.1 Å². The third kappa shape index (κ3) is 4.44. The summed E-state index contributed by atoms with van der Waals surface area (Å²) in [5.41, 5.74) is 1.37. The number of carbonyl (C=O) groups excluding carboxylic acids is 1. The molecule has 4 rings (SSSR count). The minimum atomic E-state index is -0.413. The Morgan fingerprint density at radius 2 is 1.87 bits per heavy atom. The number of carbonyl (C=O) groups is 1. The molecule has 0 spiro atoms. The summed E-state index contributed by atoms with van der Waals surface area (Å²) in [6.07, 6.45) is 0. The zero-order valence-electron chi connectivity index (χ0n) is 17.2. The number of fused-ring (bicyclic) bond motifs is 1. The van der Waals surface area contributed by atoms with Gasteiger partial charge in [0, 0.05) is 33.3 Å². The minimum absolute atomic E-state index is 0.125. The molecule has 1 saturated heterocycles. The third-order valence-electron chi connectivity index (χ3n) is 5.22. The lowest BCUT2D eigenvalue weighted by atomic mass is 10.1. The minimum Gasteiger partial charge on any atom is -0.459 e. The number of ether oxygens (including phenoxy) is 2. The molecular weight excluding hydrogens is 443 g/mol. The quantitative estimate of drug-likeness (QED) is 0.311. The van der Waals surface area contributed by atoms with Crippen LogP contribution in [0.25, 0.3) is 10.2 Å². The fourth-order valence-electron chi connectivity index (χ4n) is 3.67. The van der Waals surface area contributed by atoms with Gasteiger partial charge in [0.05, 0.1) is 17.7 Å². The average Bonchev–Trinajstić information content (AvgIpc) is 3.10. The van der Waals surface area contributed by atoms with Crippen molar-refractivity contribution in [3.05, 3.63) is 45.8 Å². The number of aromatic nitrogens is 2. The van der Waals surface area contributed by atoms with Gasteiger partial charge in [-0.15, -0.1) is 11.3 Å². The first-order valence-electron chi connectivity index (χ1n) is 9.86. The number of thiophene rings is 1. The van der Waals surface area contributed by atoms with Crippen LogP contribution in [-0.2, 0) is 9.47 Å². The molecule has 3 heterocycles. The van der Waals surface area contributed by atoms with Crippen molar-refractivity contribution in [2.45, 2.75) is 6.92 Å². The zero-order chi connectivity index (χ0) is 22.0. The Labute approximate surface area is 188 Å². The van der Waals surface area contributed by atoms with E-state index in [-0.39, 0.29) is 17.7 Å². The Morgan fingerprint density at radius 1 is 1.16 bits per heavy atom. The molecule has 1 aliphatic heterocycles. The van der Waals surface area contributed by atoms with E-state index < -0.39 is 5.97 Å². The number of piperazine rings is 1. The molecule has 2 aromatic heterocycles. The number of anilines is 2. The first-order valence-corrected chi connectivity index (χ1v) is 11.1. The molecular formula is C21H22ClFN4O3S. The van der Waals surface area contributed by atoms with E-state index in [0.29, 0.717) is 54.0 Å². The predicted octanol–water partition coefficient (Wildman–Crippen LogP) is 3.92. The van der Waals surface area contributed by atoms with Gasteiger partial charge in [-0.3, -0.25) is 0 Å². The molecule has 31 heavy (non-hydrogen) atoms. The van der Waals surface area contributed by atoms with Gasteiger partial charge in [-0.1, -0.05) is 12.1 Å². The van der Waals surface area contributed by atoms with Crippen LogP contribution in [0.2, 0.25) is 5.28 Å². The normalized spacial score (nSPS) is 14.3. The number of nitrogens with zero attached hydrogens (tertiary/aromatic N) is 4. The number of methoxy groups -OCH3 is 1. The Morgan fingerprint density at radius 3 is 2.58 bits per heavy atom.